The van der Waals surface area contributed by atoms with Crippen molar-refractivity contribution < 1.29 is 9.42 Å². The van der Waals surface area contributed by atoms with Gasteiger partial charge in [-0.3, -0.25) is 4.79 Å². The minimum Gasteiger partial charge on any atom is -0.379 e. The second-order valence-electron chi connectivity index (χ2n) is 3.22. The molecule has 14 heavy (non-hydrogen) atoms. The van der Waals surface area contributed by atoms with Gasteiger partial charge in [0.05, 0.1) is 5.54 Å². The number of aromatic nitrogens is 2. The van der Waals surface area contributed by atoms with Gasteiger partial charge in [0.25, 0.3) is 5.91 Å². The lowest BCUT2D eigenvalue weighted by molar-refractivity contribution is 0.0920. The molecule has 0 aliphatic heterocycles. The van der Waals surface area contributed by atoms with Crippen molar-refractivity contribution >= 4 is 11.7 Å². The number of anilines is 1. The van der Waals surface area contributed by atoms with Crippen LogP contribution in [0.2, 0.25) is 0 Å². The Kier molecular flexibility index (Phi) is 2.42. The van der Waals surface area contributed by atoms with Gasteiger partial charge in [-0.2, -0.15) is 0 Å². The van der Waals surface area contributed by atoms with Crippen LogP contribution in [0.5, 0.6) is 0 Å². The van der Waals surface area contributed by atoms with E-state index in [0.29, 0.717) is 0 Å². The van der Waals surface area contributed by atoms with Crippen molar-refractivity contribution in [3.63, 3.8) is 0 Å². The summed E-state index contributed by atoms with van der Waals surface area (Å²) in [5.74, 6) is 1.83. The average Bonchev–Trinajstić information content (AvgIpc) is 2.51. The van der Waals surface area contributed by atoms with Gasteiger partial charge in [-0.05, 0) is 24.2 Å². The van der Waals surface area contributed by atoms with Crippen LogP contribution in [-0.4, -0.2) is 21.8 Å². The maximum Gasteiger partial charge on any atom is 0.278 e. The highest BCUT2D eigenvalue weighted by Crippen LogP contribution is 2.06. The van der Waals surface area contributed by atoms with Gasteiger partial charge in [0.1, 0.15) is 0 Å². The number of carbonyl (C=O) groups excluding carboxylic acids is 1. The van der Waals surface area contributed by atoms with E-state index in [4.69, 9.17) is 12.2 Å². The molecule has 1 aromatic rings. The fraction of sp³-hybridized carbons (Fsp3) is 0.375. The van der Waals surface area contributed by atoms with E-state index in [1.165, 1.54) is 0 Å². The van der Waals surface area contributed by atoms with Gasteiger partial charge < -0.3 is 11.1 Å². The second kappa shape index (κ2) is 3.38. The Bertz CT molecular complexity index is 388. The van der Waals surface area contributed by atoms with Crippen LogP contribution in [0, 0.1) is 12.3 Å². The summed E-state index contributed by atoms with van der Waals surface area (Å²) >= 11 is 0. The van der Waals surface area contributed by atoms with Crippen LogP contribution in [0.25, 0.3) is 0 Å². The van der Waals surface area contributed by atoms with E-state index in [2.05, 4.69) is 26.2 Å². The predicted molar refractivity (Wildman–Crippen MR) is 49.1 cm³/mol. The van der Waals surface area contributed by atoms with E-state index in [1.807, 2.05) is 0 Å². The molecule has 0 aliphatic rings. The van der Waals surface area contributed by atoms with E-state index < -0.39 is 11.4 Å². The lowest BCUT2D eigenvalue weighted by Gasteiger charge is -2.18. The van der Waals surface area contributed by atoms with Crippen molar-refractivity contribution in [3.05, 3.63) is 5.69 Å². The van der Waals surface area contributed by atoms with Crippen LogP contribution in [0.4, 0.5) is 5.82 Å². The maximum absolute atomic E-state index is 11.5. The van der Waals surface area contributed by atoms with Gasteiger partial charge in [-0.1, -0.05) is 5.92 Å². The zero-order valence-electron chi connectivity index (χ0n) is 7.87. The minimum atomic E-state index is -0.761. The Balaban J connectivity index is 2.80. The number of hydrogen-bond donors (Lipinski definition) is 2. The quantitative estimate of drug-likeness (QED) is 0.635. The molecule has 0 radical (unpaired) electrons. The van der Waals surface area contributed by atoms with Crippen molar-refractivity contribution in [3.8, 4) is 12.3 Å². The van der Waals surface area contributed by atoms with E-state index >= 15 is 0 Å². The van der Waals surface area contributed by atoms with Crippen molar-refractivity contribution in [1.29, 1.82) is 0 Å². The summed E-state index contributed by atoms with van der Waals surface area (Å²) in [5.41, 5.74) is 4.50. The third-order valence-electron chi connectivity index (χ3n) is 1.52. The molecule has 0 atom stereocenters. The molecule has 3 N–H and O–H groups in total. The molecule has 0 bridgehead atoms. The number of terminal acetylenes is 1. The maximum atomic E-state index is 11.5. The molecule has 6 nitrogen and oxygen atoms in total. The van der Waals surface area contributed by atoms with Crippen molar-refractivity contribution in [2.45, 2.75) is 19.4 Å². The average molecular weight is 194 g/mol. The van der Waals surface area contributed by atoms with E-state index in [0.717, 1.165) is 0 Å². The van der Waals surface area contributed by atoms with E-state index in [9.17, 15) is 4.79 Å². The SMILES string of the molecule is C#CC(C)(C)NC(=O)c1nonc1N. The van der Waals surface area contributed by atoms with Crippen LogP contribution < -0.4 is 11.1 Å². The first-order valence-electron chi connectivity index (χ1n) is 3.84. The number of nitrogen functional groups attached to an aromatic ring is 1. The Labute approximate surface area is 80.8 Å². The molecule has 1 aromatic heterocycles. The number of carbonyl (C=O) groups is 1. The van der Waals surface area contributed by atoms with E-state index in [-0.39, 0.29) is 11.5 Å². The zero-order chi connectivity index (χ0) is 10.8. The van der Waals surface area contributed by atoms with Crippen molar-refractivity contribution in [2.75, 3.05) is 5.73 Å². The molecule has 0 aliphatic carbocycles. The third kappa shape index (κ3) is 2.01. The molecule has 0 saturated heterocycles. The summed E-state index contributed by atoms with van der Waals surface area (Å²) in [6.07, 6.45) is 5.19. The summed E-state index contributed by atoms with van der Waals surface area (Å²) in [6.45, 7) is 3.35. The van der Waals surface area contributed by atoms with Crippen LogP contribution in [0.3, 0.4) is 0 Å². The largest absolute Gasteiger partial charge is 0.379 e. The Morgan fingerprint density at radius 2 is 2.29 bits per heavy atom. The fourth-order valence-corrected chi connectivity index (χ4v) is 0.732. The highest BCUT2D eigenvalue weighted by molar-refractivity contribution is 5.96. The molecule has 0 aromatic carbocycles. The van der Waals surface area contributed by atoms with Gasteiger partial charge >= 0.3 is 0 Å². The molecule has 0 fully saturated rings. The molecule has 1 rings (SSSR count). The highest BCUT2D eigenvalue weighted by Gasteiger charge is 2.22. The first-order chi connectivity index (χ1) is 6.46. The van der Waals surface area contributed by atoms with Crippen LogP contribution in [0.15, 0.2) is 4.63 Å². The van der Waals surface area contributed by atoms with E-state index in [1.54, 1.807) is 13.8 Å². The normalized spacial score (nSPS) is 10.6. The molecular formula is C8H10N4O2. The zero-order valence-corrected chi connectivity index (χ0v) is 7.87. The first-order valence-corrected chi connectivity index (χ1v) is 3.84. The molecule has 0 saturated carbocycles. The smallest absolute Gasteiger partial charge is 0.278 e. The molecule has 74 valence electrons. The second-order valence-corrected chi connectivity index (χ2v) is 3.22. The van der Waals surface area contributed by atoms with Gasteiger partial charge in [0.15, 0.2) is 0 Å². The third-order valence-corrected chi connectivity index (χ3v) is 1.52. The summed E-state index contributed by atoms with van der Waals surface area (Å²) < 4.78 is 4.28. The van der Waals surface area contributed by atoms with Gasteiger partial charge in [0, 0.05) is 0 Å². The highest BCUT2D eigenvalue weighted by atomic mass is 16.6. The topological polar surface area (TPSA) is 94.0 Å². The van der Waals surface area contributed by atoms with Gasteiger partial charge in [-0.25, -0.2) is 4.63 Å². The predicted octanol–water partition coefficient (Wildman–Crippen LogP) is -0.207. The van der Waals surface area contributed by atoms with Crippen LogP contribution in [0.1, 0.15) is 24.3 Å². The van der Waals surface area contributed by atoms with Crippen LogP contribution >= 0.6 is 0 Å². The molecule has 1 amide bonds. The summed E-state index contributed by atoms with van der Waals surface area (Å²) in [5, 5.41) is 9.15. The van der Waals surface area contributed by atoms with Crippen LogP contribution in [-0.2, 0) is 0 Å². The number of nitrogens with two attached hydrogens (primary N) is 1. The standard InChI is InChI=1S/C8H10N4O2/c1-4-8(2,3)10-7(13)5-6(9)12-14-11-5/h1H,2-3H3,(H2,9,12)(H,10,13). The number of hydrogen-bond acceptors (Lipinski definition) is 5. The molecule has 0 spiro atoms. The number of amides is 1. The summed E-state index contributed by atoms with van der Waals surface area (Å²) in [6, 6.07) is 0. The number of rotatable bonds is 2. The first kappa shape index (κ1) is 10.1. The Morgan fingerprint density at radius 1 is 1.64 bits per heavy atom. The number of nitrogens with zero attached hydrogens (tertiary/aromatic N) is 2. The summed E-state index contributed by atoms with van der Waals surface area (Å²) in [7, 11) is 0. The Hall–Kier alpha value is -2.03. The van der Waals surface area contributed by atoms with Crippen molar-refractivity contribution in [2.24, 2.45) is 0 Å². The monoisotopic (exact) mass is 194 g/mol. The minimum absolute atomic E-state index is 0.0599. The van der Waals surface area contributed by atoms with Crippen molar-refractivity contribution in [1.82, 2.24) is 15.6 Å². The van der Waals surface area contributed by atoms with Gasteiger partial charge in [0.2, 0.25) is 11.5 Å². The molecular weight excluding hydrogens is 184 g/mol. The van der Waals surface area contributed by atoms with Gasteiger partial charge in [-0.15, -0.1) is 6.42 Å². The lowest BCUT2D eigenvalue weighted by Crippen LogP contribution is -2.42. The Morgan fingerprint density at radius 3 is 2.71 bits per heavy atom. The molecule has 0 unspecified atom stereocenters. The summed E-state index contributed by atoms with van der Waals surface area (Å²) in [4.78, 5) is 11.5. The molecule has 1 heterocycles. The molecule has 6 heteroatoms. The number of nitrogens with one attached hydrogen (secondary N) is 1. The fourth-order valence-electron chi connectivity index (χ4n) is 0.732. The lowest BCUT2D eigenvalue weighted by atomic mass is 10.1.